The van der Waals surface area contributed by atoms with E-state index in [-0.39, 0.29) is 23.6 Å². The molecular weight excluding hydrogens is 324 g/mol. The molecule has 6 heteroatoms. The van der Waals surface area contributed by atoms with Gasteiger partial charge in [-0.15, -0.1) is 0 Å². The normalized spacial score (nSPS) is 18.3. The van der Waals surface area contributed by atoms with E-state index in [2.05, 4.69) is 31.3 Å². The van der Waals surface area contributed by atoms with Gasteiger partial charge in [-0.1, -0.05) is 18.2 Å². The molecule has 134 valence electrons. The van der Waals surface area contributed by atoms with Gasteiger partial charge in [0.1, 0.15) is 0 Å². The summed E-state index contributed by atoms with van der Waals surface area (Å²) in [5, 5.41) is 3.07. The summed E-state index contributed by atoms with van der Waals surface area (Å²) >= 11 is 0. The molecule has 0 unspecified atom stereocenters. The van der Waals surface area contributed by atoms with Crippen molar-refractivity contribution < 1.29 is 13.2 Å². The summed E-state index contributed by atoms with van der Waals surface area (Å²) in [5.41, 5.74) is 3.55. The van der Waals surface area contributed by atoms with Crippen molar-refractivity contribution in [1.82, 2.24) is 9.62 Å². The molecule has 24 heavy (non-hydrogen) atoms. The van der Waals surface area contributed by atoms with E-state index in [1.807, 2.05) is 13.0 Å². The smallest absolute Gasteiger partial charge is 0.223 e. The minimum absolute atomic E-state index is 0.0225. The number of hydrogen-bond acceptors (Lipinski definition) is 3. The van der Waals surface area contributed by atoms with Gasteiger partial charge in [0.15, 0.2) is 0 Å². The number of sulfonamides is 1. The first-order chi connectivity index (χ1) is 11.2. The minimum Gasteiger partial charge on any atom is -0.349 e. The van der Waals surface area contributed by atoms with Crippen molar-refractivity contribution in [3.8, 4) is 0 Å². The van der Waals surface area contributed by atoms with E-state index in [1.54, 1.807) is 6.92 Å². The Morgan fingerprint density at radius 1 is 1.25 bits per heavy atom. The molecule has 1 fully saturated rings. The third-order valence-corrected chi connectivity index (χ3v) is 6.85. The summed E-state index contributed by atoms with van der Waals surface area (Å²) in [6.07, 6.45) is 1.18. The average Bonchev–Trinajstić information content (AvgIpc) is 2.57. The fraction of sp³-hybridized carbons (Fsp3) is 0.611. The molecule has 0 radical (unpaired) electrons. The highest BCUT2D eigenvalue weighted by Gasteiger charge is 2.30. The Morgan fingerprint density at radius 2 is 1.88 bits per heavy atom. The van der Waals surface area contributed by atoms with Crippen LogP contribution in [0.3, 0.4) is 0 Å². The first-order valence-electron chi connectivity index (χ1n) is 8.60. The van der Waals surface area contributed by atoms with E-state index in [4.69, 9.17) is 0 Å². The fourth-order valence-corrected chi connectivity index (χ4v) is 4.16. The third kappa shape index (κ3) is 4.36. The molecule has 0 aromatic heterocycles. The van der Waals surface area contributed by atoms with Gasteiger partial charge in [-0.3, -0.25) is 4.79 Å². The maximum atomic E-state index is 12.5. The van der Waals surface area contributed by atoms with Gasteiger partial charge in [0, 0.05) is 19.0 Å². The average molecular weight is 353 g/mol. The van der Waals surface area contributed by atoms with Crippen molar-refractivity contribution in [3.63, 3.8) is 0 Å². The Hall–Kier alpha value is -1.40. The van der Waals surface area contributed by atoms with E-state index in [0.29, 0.717) is 25.9 Å². The molecule has 1 amide bonds. The van der Waals surface area contributed by atoms with Crippen LogP contribution in [0, 0.1) is 19.8 Å². The molecule has 0 bridgehead atoms. The fourth-order valence-electron chi connectivity index (χ4n) is 3.03. The Bertz CT molecular complexity index is 692. The number of carbonyl (C=O) groups excluding carboxylic acids is 1. The van der Waals surface area contributed by atoms with E-state index < -0.39 is 10.0 Å². The predicted octanol–water partition coefficient (Wildman–Crippen LogP) is 2.54. The topological polar surface area (TPSA) is 66.5 Å². The molecule has 1 heterocycles. The maximum Gasteiger partial charge on any atom is 0.223 e. The van der Waals surface area contributed by atoms with Gasteiger partial charge in [-0.05, 0) is 57.2 Å². The molecule has 1 aromatic rings. The molecule has 1 aromatic carbocycles. The maximum absolute atomic E-state index is 12.5. The number of rotatable bonds is 5. The molecule has 1 atom stereocenters. The van der Waals surface area contributed by atoms with E-state index in [0.717, 1.165) is 5.56 Å². The summed E-state index contributed by atoms with van der Waals surface area (Å²) in [5.74, 6) is 0.0322. The number of carbonyl (C=O) groups is 1. The van der Waals surface area contributed by atoms with Crippen molar-refractivity contribution in [1.29, 1.82) is 0 Å². The van der Waals surface area contributed by atoms with Crippen molar-refractivity contribution in [2.24, 2.45) is 5.92 Å². The first kappa shape index (κ1) is 18.9. The lowest BCUT2D eigenvalue weighted by Crippen LogP contribution is -2.43. The number of amides is 1. The molecule has 0 aliphatic carbocycles. The van der Waals surface area contributed by atoms with Crippen LogP contribution in [-0.2, 0) is 14.8 Å². The molecule has 0 saturated carbocycles. The number of benzene rings is 1. The van der Waals surface area contributed by atoms with Crippen molar-refractivity contribution in [3.05, 3.63) is 34.9 Å². The molecular formula is C18H28N2O3S. The van der Waals surface area contributed by atoms with Gasteiger partial charge < -0.3 is 5.32 Å². The third-order valence-electron chi connectivity index (χ3n) is 4.97. The van der Waals surface area contributed by atoms with Crippen LogP contribution in [0.4, 0.5) is 0 Å². The van der Waals surface area contributed by atoms with Crippen LogP contribution >= 0.6 is 0 Å². The highest BCUT2D eigenvalue weighted by atomic mass is 32.2. The van der Waals surface area contributed by atoms with Crippen LogP contribution in [-0.4, -0.2) is 37.5 Å². The Kier molecular flexibility index (Phi) is 6.04. The van der Waals surface area contributed by atoms with Gasteiger partial charge in [0.05, 0.1) is 11.8 Å². The molecule has 0 spiro atoms. The summed E-state index contributed by atoms with van der Waals surface area (Å²) in [7, 11) is -3.14. The molecule has 1 aliphatic heterocycles. The number of piperidine rings is 1. The van der Waals surface area contributed by atoms with Crippen molar-refractivity contribution >= 4 is 15.9 Å². The van der Waals surface area contributed by atoms with Gasteiger partial charge in [0.25, 0.3) is 0 Å². The summed E-state index contributed by atoms with van der Waals surface area (Å²) < 4.78 is 25.3. The zero-order chi connectivity index (χ0) is 17.9. The minimum atomic E-state index is -3.14. The van der Waals surface area contributed by atoms with E-state index >= 15 is 0 Å². The number of aryl methyl sites for hydroxylation is 2. The highest BCUT2D eigenvalue weighted by molar-refractivity contribution is 7.89. The Morgan fingerprint density at radius 3 is 2.42 bits per heavy atom. The highest BCUT2D eigenvalue weighted by Crippen LogP contribution is 2.22. The van der Waals surface area contributed by atoms with Crippen molar-refractivity contribution in [2.75, 3.05) is 18.8 Å². The first-order valence-corrected chi connectivity index (χ1v) is 10.2. The Labute approximate surface area is 145 Å². The zero-order valence-electron chi connectivity index (χ0n) is 15.0. The van der Waals surface area contributed by atoms with Crippen LogP contribution in [0.25, 0.3) is 0 Å². The second-order valence-corrected chi connectivity index (χ2v) is 8.91. The van der Waals surface area contributed by atoms with E-state index in [9.17, 15) is 13.2 Å². The summed E-state index contributed by atoms with van der Waals surface area (Å²) in [6, 6.07) is 6.18. The lowest BCUT2D eigenvalue weighted by Gasteiger charge is -2.31. The molecule has 1 saturated heterocycles. The quantitative estimate of drug-likeness (QED) is 0.885. The van der Waals surface area contributed by atoms with Crippen LogP contribution in [0.5, 0.6) is 0 Å². The Balaban J connectivity index is 1.92. The monoisotopic (exact) mass is 352 g/mol. The van der Waals surface area contributed by atoms with Gasteiger partial charge in [0.2, 0.25) is 15.9 Å². The summed E-state index contributed by atoms with van der Waals surface area (Å²) in [6.45, 7) is 8.65. The molecule has 1 N–H and O–H groups in total. The van der Waals surface area contributed by atoms with Gasteiger partial charge >= 0.3 is 0 Å². The number of hydrogen-bond donors (Lipinski definition) is 1. The van der Waals surface area contributed by atoms with Crippen LogP contribution in [0.15, 0.2) is 18.2 Å². The number of nitrogens with one attached hydrogen (secondary N) is 1. The largest absolute Gasteiger partial charge is 0.349 e. The molecule has 2 rings (SSSR count). The van der Waals surface area contributed by atoms with Crippen LogP contribution in [0.1, 0.15) is 49.4 Å². The van der Waals surface area contributed by atoms with Crippen molar-refractivity contribution in [2.45, 2.75) is 46.6 Å². The standard InChI is InChI=1S/C18H28N2O3S/c1-5-24(22,23)20-10-8-16(9-11-20)18(21)19-15(4)17-7-6-13(2)14(3)12-17/h6-7,12,15-16H,5,8-11H2,1-4H3,(H,19,21)/t15-/m1/s1. The SMILES string of the molecule is CCS(=O)(=O)N1CCC(C(=O)N[C@H](C)c2ccc(C)c(C)c2)CC1. The van der Waals surface area contributed by atoms with Gasteiger partial charge in [-0.25, -0.2) is 12.7 Å². The van der Waals surface area contributed by atoms with Gasteiger partial charge in [-0.2, -0.15) is 0 Å². The molecule has 5 nitrogen and oxygen atoms in total. The molecule has 1 aliphatic rings. The van der Waals surface area contributed by atoms with Crippen LogP contribution in [0.2, 0.25) is 0 Å². The second kappa shape index (κ2) is 7.66. The van der Waals surface area contributed by atoms with E-state index in [1.165, 1.54) is 15.4 Å². The zero-order valence-corrected chi connectivity index (χ0v) is 15.8. The second-order valence-electron chi connectivity index (χ2n) is 6.65. The van der Waals surface area contributed by atoms with Crippen LogP contribution < -0.4 is 5.32 Å². The lowest BCUT2D eigenvalue weighted by molar-refractivity contribution is -0.126. The predicted molar refractivity (Wildman–Crippen MR) is 96.2 cm³/mol. The summed E-state index contributed by atoms with van der Waals surface area (Å²) in [4.78, 5) is 12.5. The number of nitrogens with zero attached hydrogens (tertiary/aromatic N) is 1. The lowest BCUT2D eigenvalue weighted by atomic mass is 9.96.